The fourth-order valence-corrected chi connectivity index (χ4v) is 0.658. The van der Waals surface area contributed by atoms with Gasteiger partial charge in [0.15, 0.2) is 5.88 Å². The second kappa shape index (κ2) is 2.57. The molecule has 1 aliphatic heterocycles. The third-order valence-corrected chi connectivity index (χ3v) is 1.08. The second-order valence-corrected chi connectivity index (χ2v) is 1.70. The molecular weight excluding hydrogens is 104 g/mol. The fraction of sp³-hybridized carbons (Fsp3) is 0.600. The number of nitrogens with two attached hydrogens (primary N) is 1. The summed E-state index contributed by atoms with van der Waals surface area (Å²) in [7, 11) is 0. The zero-order chi connectivity index (χ0) is 5.82. The van der Waals surface area contributed by atoms with Crippen molar-refractivity contribution in [3.05, 3.63) is 12.0 Å². The van der Waals surface area contributed by atoms with E-state index in [1.165, 1.54) is 0 Å². The molecule has 3 N–H and O–H groups in total. The van der Waals surface area contributed by atoms with E-state index in [1.54, 1.807) is 0 Å². The van der Waals surface area contributed by atoms with Crippen LogP contribution in [0.5, 0.6) is 0 Å². The van der Waals surface area contributed by atoms with Crippen LogP contribution in [0.25, 0.3) is 0 Å². The summed E-state index contributed by atoms with van der Waals surface area (Å²) in [6.07, 6.45) is 4.12. The predicted molar refractivity (Wildman–Crippen MR) is 30.6 cm³/mol. The Morgan fingerprint density at radius 2 is 2.62 bits per heavy atom. The van der Waals surface area contributed by atoms with Crippen LogP contribution in [0.2, 0.25) is 0 Å². The third-order valence-electron chi connectivity index (χ3n) is 1.08. The van der Waals surface area contributed by atoms with Gasteiger partial charge >= 0.3 is 0 Å². The molecule has 0 bridgehead atoms. The lowest BCUT2D eigenvalue weighted by Crippen LogP contribution is -2.24. The lowest BCUT2D eigenvalue weighted by atomic mass is 10.3. The van der Waals surface area contributed by atoms with Gasteiger partial charge in [0.25, 0.3) is 0 Å². The van der Waals surface area contributed by atoms with Gasteiger partial charge in [0.1, 0.15) is 0 Å². The number of nitrogens with one attached hydrogen (secondary N) is 1. The van der Waals surface area contributed by atoms with Gasteiger partial charge in [0, 0.05) is 0 Å². The van der Waals surface area contributed by atoms with Crippen LogP contribution < -0.4 is 11.3 Å². The van der Waals surface area contributed by atoms with E-state index in [4.69, 9.17) is 10.6 Å². The number of hydrazine groups is 1. The van der Waals surface area contributed by atoms with Gasteiger partial charge in [-0.2, -0.15) is 0 Å². The van der Waals surface area contributed by atoms with Crippen molar-refractivity contribution in [1.82, 2.24) is 5.43 Å². The highest BCUT2D eigenvalue weighted by atomic mass is 16.5. The Balaban J connectivity index is 2.37. The summed E-state index contributed by atoms with van der Waals surface area (Å²) in [4.78, 5) is 0. The Labute approximate surface area is 48.5 Å². The molecule has 0 aromatic rings. The highest BCUT2D eigenvalue weighted by Gasteiger charge is 1.99. The monoisotopic (exact) mass is 114 g/mol. The van der Waals surface area contributed by atoms with Gasteiger partial charge in [-0.15, -0.1) is 0 Å². The smallest absolute Gasteiger partial charge is 0.196 e. The van der Waals surface area contributed by atoms with E-state index in [-0.39, 0.29) is 0 Å². The van der Waals surface area contributed by atoms with E-state index in [2.05, 4.69) is 5.43 Å². The summed E-state index contributed by atoms with van der Waals surface area (Å²) < 4.78 is 5.05. The van der Waals surface area contributed by atoms with E-state index in [0.29, 0.717) is 5.88 Å². The molecule has 0 atom stereocenters. The molecule has 0 radical (unpaired) electrons. The van der Waals surface area contributed by atoms with Crippen molar-refractivity contribution in [3.8, 4) is 0 Å². The Kier molecular flexibility index (Phi) is 1.75. The first-order valence-electron chi connectivity index (χ1n) is 2.73. The Morgan fingerprint density at radius 1 is 1.75 bits per heavy atom. The summed E-state index contributed by atoms with van der Waals surface area (Å²) >= 11 is 0. The van der Waals surface area contributed by atoms with Crippen LogP contribution in [0.1, 0.15) is 12.8 Å². The molecule has 0 aromatic carbocycles. The normalized spacial score (nSPS) is 18.9. The first-order valence-corrected chi connectivity index (χ1v) is 2.73. The summed E-state index contributed by atoms with van der Waals surface area (Å²) in [5.41, 5.74) is 2.44. The first-order chi connectivity index (χ1) is 3.93. The van der Waals surface area contributed by atoms with E-state index in [9.17, 15) is 0 Å². The highest BCUT2D eigenvalue weighted by Crippen LogP contribution is 2.04. The molecule has 1 heterocycles. The van der Waals surface area contributed by atoms with Crippen molar-refractivity contribution in [2.24, 2.45) is 5.84 Å². The van der Waals surface area contributed by atoms with Crippen LogP contribution in [-0.2, 0) is 4.74 Å². The number of hydrogen-bond acceptors (Lipinski definition) is 3. The van der Waals surface area contributed by atoms with Gasteiger partial charge in [0.05, 0.1) is 6.61 Å². The number of ether oxygens (including phenoxy) is 1. The number of rotatable bonds is 1. The zero-order valence-corrected chi connectivity index (χ0v) is 4.68. The second-order valence-electron chi connectivity index (χ2n) is 1.70. The molecule has 0 aromatic heterocycles. The number of allylic oxidation sites excluding steroid dienone is 1. The Bertz CT molecular complexity index is 101. The molecule has 1 rings (SSSR count). The molecule has 0 fully saturated rings. The Morgan fingerprint density at radius 3 is 3.00 bits per heavy atom. The fourth-order valence-electron chi connectivity index (χ4n) is 0.658. The molecule has 0 saturated heterocycles. The number of hydrogen-bond donors (Lipinski definition) is 2. The van der Waals surface area contributed by atoms with Crippen molar-refractivity contribution in [1.29, 1.82) is 0 Å². The molecule has 8 heavy (non-hydrogen) atoms. The van der Waals surface area contributed by atoms with E-state index >= 15 is 0 Å². The van der Waals surface area contributed by atoms with Crippen molar-refractivity contribution < 1.29 is 4.74 Å². The standard InChI is InChI=1S/C5H10N2O/c6-7-5-3-1-2-4-8-5/h3,7H,1-2,4,6H2. The molecule has 46 valence electrons. The average Bonchev–Trinajstić information content (AvgIpc) is 1.90. The van der Waals surface area contributed by atoms with E-state index < -0.39 is 0 Å². The molecular formula is C5H10N2O. The van der Waals surface area contributed by atoms with Gasteiger partial charge in [-0.3, -0.25) is 5.43 Å². The van der Waals surface area contributed by atoms with Crippen LogP contribution in [0.4, 0.5) is 0 Å². The predicted octanol–water partition coefficient (Wildman–Crippen LogP) is 0.101. The van der Waals surface area contributed by atoms with Crippen LogP contribution >= 0.6 is 0 Å². The topological polar surface area (TPSA) is 47.3 Å². The van der Waals surface area contributed by atoms with Crippen molar-refractivity contribution in [3.63, 3.8) is 0 Å². The first kappa shape index (κ1) is 5.44. The lowest BCUT2D eigenvalue weighted by Gasteiger charge is -2.12. The lowest BCUT2D eigenvalue weighted by molar-refractivity contribution is 0.173. The molecule has 0 spiro atoms. The van der Waals surface area contributed by atoms with E-state index in [0.717, 1.165) is 19.4 Å². The molecule has 1 aliphatic rings. The van der Waals surface area contributed by atoms with Gasteiger partial charge < -0.3 is 4.74 Å². The van der Waals surface area contributed by atoms with Crippen molar-refractivity contribution in [2.45, 2.75) is 12.8 Å². The van der Waals surface area contributed by atoms with Crippen molar-refractivity contribution in [2.75, 3.05) is 6.61 Å². The maximum Gasteiger partial charge on any atom is 0.196 e. The average molecular weight is 114 g/mol. The van der Waals surface area contributed by atoms with Crippen molar-refractivity contribution >= 4 is 0 Å². The molecule has 0 aliphatic carbocycles. The third kappa shape index (κ3) is 1.13. The molecule has 0 unspecified atom stereocenters. The summed E-state index contributed by atoms with van der Waals surface area (Å²) in [6, 6.07) is 0. The minimum atomic E-state index is 0.705. The zero-order valence-electron chi connectivity index (χ0n) is 4.68. The maximum atomic E-state index is 5.06. The summed E-state index contributed by atoms with van der Waals surface area (Å²) in [6.45, 7) is 0.788. The van der Waals surface area contributed by atoms with Crippen LogP contribution in [-0.4, -0.2) is 6.61 Å². The molecule has 0 amide bonds. The van der Waals surface area contributed by atoms with Gasteiger partial charge in [-0.25, -0.2) is 5.84 Å². The van der Waals surface area contributed by atoms with Crippen LogP contribution in [0, 0.1) is 0 Å². The maximum absolute atomic E-state index is 5.06. The molecule has 0 saturated carbocycles. The quantitative estimate of drug-likeness (QED) is 0.375. The Hall–Kier alpha value is -0.700. The SMILES string of the molecule is NNC1=CCCCO1. The minimum absolute atomic E-state index is 0.705. The minimum Gasteiger partial charge on any atom is -0.479 e. The molecule has 3 nitrogen and oxygen atoms in total. The molecule has 3 heteroatoms. The summed E-state index contributed by atoms with van der Waals surface area (Å²) in [5, 5.41) is 0. The highest BCUT2D eigenvalue weighted by molar-refractivity contribution is 4.91. The van der Waals surface area contributed by atoms with Gasteiger partial charge in [0.2, 0.25) is 0 Å². The van der Waals surface area contributed by atoms with Gasteiger partial charge in [-0.1, -0.05) is 0 Å². The van der Waals surface area contributed by atoms with Crippen LogP contribution in [0.15, 0.2) is 12.0 Å². The largest absolute Gasteiger partial charge is 0.479 e. The van der Waals surface area contributed by atoms with Crippen LogP contribution in [0.3, 0.4) is 0 Å². The summed E-state index contributed by atoms with van der Waals surface area (Å²) in [5.74, 6) is 5.76. The van der Waals surface area contributed by atoms with Gasteiger partial charge in [-0.05, 0) is 18.9 Å². The van der Waals surface area contributed by atoms with E-state index in [1.807, 2.05) is 6.08 Å².